The first-order chi connectivity index (χ1) is 9.24. The molecule has 98 valence electrons. The SMILES string of the molecule is CN1CCN(c2ccccc2)c2cc(Cl)ccc2S1. The number of anilines is 2. The Labute approximate surface area is 123 Å². The summed E-state index contributed by atoms with van der Waals surface area (Å²) < 4.78 is 2.26. The molecule has 2 aromatic rings. The minimum absolute atomic E-state index is 0.782. The van der Waals surface area contributed by atoms with E-state index in [-0.39, 0.29) is 0 Å². The molecule has 0 aliphatic carbocycles. The number of fused-ring (bicyclic) bond motifs is 1. The van der Waals surface area contributed by atoms with E-state index in [0.717, 1.165) is 18.1 Å². The van der Waals surface area contributed by atoms with Crippen molar-refractivity contribution in [3.05, 3.63) is 53.6 Å². The summed E-state index contributed by atoms with van der Waals surface area (Å²) in [5.41, 5.74) is 2.40. The zero-order valence-electron chi connectivity index (χ0n) is 10.7. The Morgan fingerprint density at radius 3 is 2.63 bits per heavy atom. The van der Waals surface area contributed by atoms with Gasteiger partial charge in [0, 0.05) is 28.7 Å². The van der Waals surface area contributed by atoms with Gasteiger partial charge in [-0.2, -0.15) is 0 Å². The molecule has 2 nitrogen and oxygen atoms in total. The molecule has 0 saturated heterocycles. The van der Waals surface area contributed by atoms with Crippen LogP contribution in [0.5, 0.6) is 0 Å². The average Bonchev–Trinajstić information content (AvgIpc) is 2.58. The van der Waals surface area contributed by atoms with Crippen LogP contribution in [0.3, 0.4) is 0 Å². The quantitative estimate of drug-likeness (QED) is 0.717. The molecule has 1 heterocycles. The minimum atomic E-state index is 0.782. The van der Waals surface area contributed by atoms with Gasteiger partial charge in [-0.3, -0.25) is 0 Å². The van der Waals surface area contributed by atoms with Gasteiger partial charge < -0.3 is 4.90 Å². The van der Waals surface area contributed by atoms with Gasteiger partial charge in [0.05, 0.1) is 5.69 Å². The Balaban J connectivity index is 2.09. The first kappa shape index (κ1) is 12.9. The predicted molar refractivity (Wildman–Crippen MR) is 83.4 cm³/mol. The number of nitrogens with zero attached hydrogens (tertiary/aromatic N) is 2. The molecule has 0 fully saturated rings. The highest BCUT2D eigenvalue weighted by atomic mass is 35.5. The maximum Gasteiger partial charge on any atom is 0.0577 e. The Bertz CT molecular complexity index is 574. The largest absolute Gasteiger partial charge is 0.339 e. The molecule has 0 atom stereocenters. The van der Waals surface area contributed by atoms with Crippen LogP contribution in [0, 0.1) is 0 Å². The molecule has 2 aromatic carbocycles. The second-order valence-corrected chi connectivity index (χ2v) is 6.22. The monoisotopic (exact) mass is 290 g/mol. The normalized spacial score (nSPS) is 16.0. The van der Waals surface area contributed by atoms with Crippen molar-refractivity contribution in [2.45, 2.75) is 4.90 Å². The number of hydrogen-bond acceptors (Lipinski definition) is 3. The molecule has 0 bridgehead atoms. The Morgan fingerprint density at radius 1 is 1.05 bits per heavy atom. The molecule has 0 amide bonds. The lowest BCUT2D eigenvalue weighted by Crippen LogP contribution is -2.24. The molecule has 1 aliphatic heterocycles. The molecule has 0 unspecified atom stereocenters. The van der Waals surface area contributed by atoms with Gasteiger partial charge in [-0.05, 0) is 49.3 Å². The molecule has 0 saturated carbocycles. The van der Waals surface area contributed by atoms with Crippen molar-refractivity contribution in [3.8, 4) is 0 Å². The Kier molecular flexibility index (Phi) is 3.69. The number of halogens is 1. The van der Waals surface area contributed by atoms with Crippen LogP contribution < -0.4 is 4.90 Å². The summed E-state index contributed by atoms with van der Waals surface area (Å²) in [5, 5.41) is 0.782. The van der Waals surface area contributed by atoms with Crippen LogP contribution in [0.4, 0.5) is 11.4 Å². The highest BCUT2D eigenvalue weighted by Crippen LogP contribution is 2.39. The molecule has 0 radical (unpaired) electrons. The van der Waals surface area contributed by atoms with Gasteiger partial charge in [0.25, 0.3) is 0 Å². The van der Waals surface area contributed by atoms with E-state index in [9.17, 15) is 0 Å². The number of rotatable bonds is 1. The third-order valence-corrected chi connectivity index (χ3v) is 4.44. The van der Waals surface area contributed by atoms with E-state index >= 15 is 0 Å². The average molecular weight is 291 g/mol. The first-order valence-electron chi connectivity index (χ1n) is 6.25. The predicted octanol–water partition coefficient (Wildman–Crippen LogP) is 4.43. The van der Waals surface area contributed by atoms with Crippen molar-refractivity contribution in [1.82, 2.24) is 4.31 Å². The molecule has 0 aromatic heterocycles. The standard InChI is InChI=1S/C15H15ClN2S/c1-17-9-10-18(13-5-3-2-4-6-13)14-11-12(16)7-8-15(14)19-17/h2-8,11H,9-10H2,1H3. The van der Waals surface area contributed by atoms with Gasteiger partial charge in [-0.1, -0.05) is 29.8 Å². The highest BCUT2D eigenvalue weighted by molar-refractivity contribution is 7.97. The van der Waals surface area contributed by atoms with E-state index in [1.807, 2.05) is 12.1 Å². The van der Waals surface area contributed by atoms with Crippen molar-refractivity contribution in [1.29, 1.82) is 0 Å². The molecule has 0 spiro atoms. The van der Waals surface area contributed by atoms with E-state index in [1.165, 1.54) is 16.3 Å². The fourth-order valence-electron chi connectivity index (χ4n) is 2.23. The van der Waals surface area contributed by atoms with Gasteiger partial charge >= 0.3 is 0 Å². The minimum Gasteiger partial charge on any atom is -0.339 e. The zero-order valence-corrected chi connectivity index (χ0v) is 12.3. The summed E-state index contributed by atoms with van der Waals surface area (Å²) in [6.45, 7) is 1.96. The van der Waals surface area contributed by atoms with Crippen LogP contribution in [0.25, 0.3) is 0 Å². The lowest BCUT2D eigenvalue weighted by atomic mass is 10.2. The number of hydrogen-bond donors (Lipinski definition) is 0. The molecule has 0 N–H and O–H groups in total. The third-order valence-electron chi connectivity index (χ3n) is 3.17. The smallest absolute Gasteiger partial charge is 0.0577 e. The number of para-hydroxylation sites is 1. The van der Waals surface area contributed by atoms with Crippen LogP contribution in [0.15, 0.2) is 53.4 Å². The van der Waals surface area contributed by atoms with Gasteiger partial charge in [-0.25, -0.2) is 4.31 Å². The Morgan fingerprint density at radius 2 is 1.84 bits per heavy atom. The van der Waals surface area contributed by atoms with E-state index in [1.54, 1.807) is 11.9 Å². The molecule has 4 heteroatoms. The summed E-state index contributed by atoms with van der Waals surface area (Å²) in [5.74, 6) is 0. The molecular formula is C15H15ClN2S. The van der Waals surface area contributed by atoms with E-state index in [2.05, 4.69) is 52.7 Å². The summed E-state index contributed by atoms with van der Waals surface area (Å²) in [6, 6.07) is 16.6. The summed E-state index contributed by atoms with van der Waals surface area (Å²) >= 11 is 7.94. The number of benzene rings is 2. The van der Waals surface area contributed by atoms with Crippen LogP contribution in [-0.2, 0) is 0 Å². The van der Waals surface area contributed by atoms with Gasteiger partial charge in [0.1, 0.15) is 0 Å². The van der Waals surface area contributed by atoms with Crippen molar-refractivity contribution >= 4 is 34.9 Å². The summed E-state index contributed by atoms with van der Waals surface area (Å²) in [4.78, 5) is 3.57. The summed E-state index contributed by atoms with van der Waals surface area (Å²) in [7, 11) is 2.12. The topological polar surface area (TPSA) is 6.48 Å². The third kappa shape index (κ3) is 2.73. The molecule has 19 heavy (non-hydrogen) atoms. The van der Waals surface area contributed by atoms with Gasteiger partial charge in [-0.15, -0.1) is 0 Å². The lowest BCUT2D eigenvalue weighted by molar-refractivity contribution is 0.579. The molecule has 1 aliphatic rings. The molecule has 3 rings (SSSR count). The summed E-state index contributed by atoms with van der Waals surface area (Å²) in [6.07, 6.45) is 0. The van der Waals surface area contributed by atoms with Crippen LogP contribution in [0.1, 0.15) is 0 Å². The van der Waals surface area contributed by atoms with Gasteiger partial charge in [0.15, 0.2) is 0 Å². The van der Waals surface area contributed by atoms with Crippen molar-refractivity contribution in [2.75, 3.05) is 25.0 Å². The van der Waals surface area contributed by atoms with E-state index in [0.29, 0.717) is 0 Å². The second-order valence-electron chi connectivity index (χ2n) is 4.54. The van der Waals surface area contributed by atoms with E-state index in [4.69, 9.17) is 11.6 Å². The maximum atomic E-state index is 6.17. The van der Waals surface area contributed by atoms with Crippen LogP contribution >= 0.6 is 23.5 Å². The Hall–Kier alpha value is -1.16. The van der Waals surface area contributed by atoms with Crippen molar-refractivity contribution in [2.24, 2.45) is 0 Å². The second kappa shape index (κ2) is 5.45. The number of likely N-dealkylation sites (N-methyl/N-ethyl adjacent to an activating group) is 1. The fraction of sp³-hybridized carbons (Fsp3) is 0.200. The van der Waals surface area contributed by atoms with E-state index < -0.39 is 0 Å². The van der Waals surface area contributed by atoms with Gasteiger partial charge in [0.2, 0.25) is 0 Å². The van der Waals surface area contributed by atoms with Crippen LogP contribution in [-0.4, -0.2) is 24.4 Å². The zero-order chi connectivity index (χ0) is 13.2. The van der Waals surface area contributed by atoms with Crippen LogP contribution in [0.2, 0.25) is 5.02 Å². The van der Waals surface area contributed by atoms with Crippen molar-refractivity contribution < 1.29 is 0 Å². The maximum absolute atomic E-state index is 6.17. The fourth-order valence-corrected chi connectivity index (χ4v) is 3.30. The highest BCUT2D eigenvalue weighted by Gasteiger charge is 2.20. The molecular weight excluding hydrogens is 276 g/mol. The first-order valence-corrected chi connectivity index (χ1v) is 7.40. The van der Waals surface area contributed by atoms with Crippen molar-refractivity contribution in [3.63, 3.8) is 0 Å². The lowest BCUT2D eigenvalue weighted by Gasteiger charge is -2.24.